The smallest absolute Gasteiger partial charge is 0.220 e. The normalized spacial score (nSPS) is 24.3. The van der Waals surface area contributed by atoms with Crippen molar-refractivity contribution in [1.29, 1.82) is 0 Å². The first kappa shape index (κ1) is 38.2. The van der Waals surface area contributed by atoms with Crippen LogP contribution in [0.25, 0.3) is 0 Å². The van der Waals surface area contributed by atoms with E-state index in [0.29, 0.717) is 12.8 Å². The van der Waals surface area contributed by atoms with Gasteiger partial charge in [-0.3, -0.25) is 4.79 Å². The number of carbonyl (C=O) groups excluding carboxylic acids is 1. The zero-order valence-corrected chi connectivity index (χ0v) is 26.1. The maximum absolute atomic E-state index is 12.4. The number of rotatable bonds is 26. The molecule has 7 unspecified atom stereocenters. The first-order valence-electron chi connectivity index (χ1n) is 16.7. The Morgan fingerprint density at radius 2 is 1.22 bits per heavy atom. The fourth-order valence-electron chi connectivity index (χ4n) is 5.37. The lowest BCUT2D eigenvalue weighted by molar-refractivity contribution is -0.302. The van der Waals surface area contributed by atoms with Crippen LogP contribution in [-0.2, 0) is 14.3 Å². The van der Waals surface area contributed by atoms with Crippen LogP contribution >= 0.6 is 0 Å². The fraction of sp³-hybridized carbons (Fsp3) is 0.969. The molecule has 1 saturated heterocycles. The van der Waals surface area contributed by atoms with Crippen LogP contribution in [0.4, 0.5) is 0 Å². The minimum Gasteiger partial charge on any atom is -0.394 e. The number of aliphatic hydroxyl groups is 5. The van der Waals surface area contributed by atoms with Gasteiger partial charge in [-0.2, -0.15) is 0 Å². The van der Waals surface area contributed by atoms with Gasteiger partial charge in [-0.05, 0) is 12.8 Å². The molecule has 0 aromatic heterocycles. The third-order valence-corrected chi connectivity index (χ3v) is 8.21. The summed E-state index contributed by atoms with van der Waals surface area (Å²) < 4.78 is 11.0. The summed E-state index contributed by atoms with van der Waals surface area (Å²) in [7, 11) is 0. The number of ether oxygens (including phenoxy) is 2. The largest absolute Gasteiger partial charge is 0.394 e. The third kappa shape index (κ3) is 17.2. The predicted molar refractivity (Wildman–Crippen MR) is 161 cm³/mol. The number of aliphatic hydroxyl groups excluding tert-OH is 5. The lowest BCUT2D eigenvalue weighted by Gasteiger charge is -2.40. The van der Waals surface area contributed by atoms with Gasteiger partial charge in [0.05, 0.1) is 25.4 Å². The van der Waals surface area contributed by atoms with Crippen LogP contribution in [0.15, 0.2) is 0 Å². The summed E-state index contributed by atoms with van der Waals surface area (Å²) >= 11 is 0. The summed E-state index contributed by atoms with van der Waals surface area (Å²) in [5.74, 6) is -0.180. The molecule has 41 heavy (non-hydrogen) atoms. The second-order valence-electron chi connectivity index (χ2n) is 12.0. The van der Waals surface area contributed by atoms with Crippen molar-refractivity contribution < 1.29 is 39.8 Å². The highest BCUT2D eigenvalue weighted by Crippen LogP contribution is 2.23. The molecule has 0 radical (unpaired) electrons. The predicted octanol–water partition coefficient (Wildman–Crippen LogP) is 4.49. The number of hydrogen-bond acceptors (Lipinski definition) is 8. The van der Waals surface area contributed by atoms with Gasteiger partial charge in [0.15, 0.2) is 6.29 Å². The summed E-state index contributed by atoms with van der Waals surface area (Å²) in [6.07, 6.45) is 15.1. The Hall–Kier alpha value is -0.810. The molecule has 0 saturated carbocycles. The minimum atomic E-state index is -1.54. The standard InChI is InChI=1S/C32H63NO8/c1-3-5-7-8-9-10-11-12-13-14-15-16-17-18-19-20-21-26(35)25(33-28(36)22-6-4-2)24-40-32-31(39)30(38)29(37)27(23-34)41-32/h25-27,29-32,34-35,37-39H,3-24H2,1-2H3,(H,33,36). The number of carbonyl (C=O) groups is 1. The molecule has 0 aromatic rings. The Morgan fingerprint density at radius 1 is 0.732 bits per heavy atom. The van der Waals surface area contributed by atoms with Gasteiger partial charge < -0.3 is 40.3 Å². The Labute approximate surface area is 249 Å². The van der Waals surface area contributed by atoms with Gasteiger partial charge in [-0.15, -0.1) is 0 Å². The molecule has 7 atom stereocenters. The Kier molecular flexibility index (Phi) is 22.9. The molecule has 6 N–H and O–H groups in total. The van der Waals surface area contributed by atoms with E-state index in [1.165, 1.54) is 83.5 Å². The molecular formula is C32H63NO8. The number of unbranched alkanes of at least 4 members (excludes halogenated alkanes) is 16. The second-order valence-corrected chi connectivity index (χ2v) is 12.0. The minimum absolute atomic E-state index is 0.138. The monoisotopic (exact) mass is 589 g/mol. The van der Waals surface area contributed by atoms with Gasteiger partial charge in [0.2, 0.25) is 5.91 Å². The molecule has 244 valence electrons. The van der Waals surface area contributed by atoms with Crippen LogP contribution in [0.1, 0.15) is 142 Å². The van der Waals surface area contributed by atoms with Crippen LogP contribution < -0.4 is 5.32 Å². The molecule has 1 aliphatic heterocycles. The van der Waals surface area contributed by atoms with Crippen molar-refractivity contribution >= 4 is 5.91 Å². The van der Waals surface area contributed by atoms with Crippen LogP contribution in [0, 0.1) is 0 Å². The summed E-state index contributed by atoms with van der Waals surface area (Å²) in [4.78, 5) is 12.4. The summed E-state index contributed by atoms with van der Waals surface area (Å²) in [5, 5.41) is 53.3. The van der Waals surface area contributed by atoms with E-state index in [0.717, 1.165) is 32.1 Å². The first-order valence-corrected chi connectivity index (χ1v) is 16.7. The van der Waals surface area contributed by atoms with Crippen LogP contribution in [0.2, 0.25) is 0 Å². The van der Waals surface area contributed by atoms with Gasteiger partial charge in [0, 0.05) is 6.42 Å². The van der Waals surface area contributed by atoms with E-state index in [4.69, 9.17) is 9.47 Å². The van der Waals surface area contributed by atoms with Crippen molar-refractivity contribution in [2.45, 2.75) is 185 Å². The fourth-order valence-corrected chi connectivity index (χ4v) is 5.37. The summed E-state index contributed by atoms with van der Waals surface area (Å²) in [6, 6.07) is -0.705. The number of amides is 1. The lowest BCUT2D eigenvalue weighted by Crippen LogP contribution is -2.60. The van der Waals surface area contributed by atoms with E-state index in [-0.39, 0.29) is 12.5 Å². The molecule has 0 aromatic carbocycles. The highest BCUT2D eigenvalue weighted by Gasteiger charge is 2.44. The topological polar surface area (TPSA) is 149 Å². The Balaban J connectivity index is 2.28. The molecule has 1 amide bonds. The second kappa shape index (κ2) is 24.6. The third-order valence-electron chi connectivity index (χ3n) is 8.21. The average Bonchev–Trinajstić information content (AvgIpc) is 2.97. The molecule has 9 heteroatoms. The molecule has 1 fully saturated rings. The van der Waals surface area contributed by atoms with Crippen molar-refractivity contribution in [3.63, 3.8) is 0 Å². The SMILES string of the molecule is CCCCCCCCCCCCCCCCCCC(O)C(COC1OC(CO)C(O)C(O)C1O)NC(=O)CCCC. The van der Waals surface area contributed by atoms with Crippen molar-refractivity contribution in [3.8, 4) is 0 Å². The Morgan fingerprint density at radius 3 is 1.71 bits per heavy atom. The molecule has 1 heterocycles. The first-order chi connectivity index (χ1) is 19.8. The van der Waals surface area contributed by atoms with Gasteiger partial charge in [0.25, 0.3) is 0 Å². The van der Waals surface area contributed by atoms with Gasteiger partial charge in [0.1, 0.15) is 24.4 Å². The molecule has 0 spiro atoms. The number of nitrogens with one attached hydrogen (secondary N) is 1. The molecular weight excluding hydrogens is 526 g/mol. The van der Waals surface area contributed by atoms with Gasteiger partial charge in [-0.1, -0.05) is 123 Å². The average molecular weight is 590 g/mol. The maximum Gasteiger partial charge on any atom is 0.220 e. The number of hydrogen-bond donors (Lipinski definition) is 6. The maximum atomic E-state index is 12.4. The highest BCUT2D eigenvalue weighted by atomic mass is 16.7. The molecule has 1 aliphatic rings. The zero-order valence-electron chi connectivity index (χ0n) is 26.1. The van der Waals surface area contributed by atoms with E-state index in [9.17, 15) is 30.3 Å². The zero-order chi connectivity index (χ0) is 30.3. The van der Waals surface area contributed by atoms with Crippen molar-refractivity contribution in [2.24, 2.45) is 0 Å². The van der Waals surface area contributed by atoms with Gasteiger partial charge >= 0.3 is 0 Å². The molecule has 0 bridgehead atoms. The lowest BCUT2D eigenvalue weighted by atomic mass is 9.99. The summed E-state index contributed by atoms with van der Waals surface area (Å²) in [5.41, 5.74) is 0. The highest BCUT2D eigenvalue weighted by molar-refractivity contribution is 5.76. The molecule has 9 nitrogen and oxygen atoms in total. The van der Waals surface area contributed by atoms with E-state index in [1.807, 2.05) is 6.92 Å². The quantitative estimate of drug-likeness (QED) is 0.0809. The van der Waals surface area contributed by atoms with E-state index < -0.39 is 49.5 Å². The van der Waals surface area contributed by atoms with Gasteiger partial charge in [-0.25, -0.2) is 0 Å². The molecule has 1 rings (SSSR count). The molecule has 0 aliphatic carbocycles. The van der Waals surface area contributed by atoms with E-state index >= 15 is 0 Å². The van der Waals surface area contributed by atoms with Crippen LogP contribution in [0.3, 0.4) is 0 Å². The van der Waals surface area contributed by atoms with Crippen LogP contribution in [0.5, 0.6) is 0 Å². The van der Waals surface area contributed by atoms with E-state index in [2.05, 4.69) is 12.2 Å². The van der Waals surface area contributed by atoms with Crippen LogP contribution in [-0.4, -0.2) is 87.5 Å². The van der Waals surface area contributed by atoms with Crippen molar-refractivity contribution in [3.05, 3.63) is 0 Å². The summed E-state index contributed by atoms with van der Waals surface area (Å²) in [6.45, 7) is 3.57. The Bertz CT molecular complexity index is 623. The van der Waals surface area contributed by atoms with Crippen molar-refractivity contribution in [2.75, 3.05) is 13.2 Å². The van der Waals surface area contributed by atoms with E-state index in [1.54, 1.807) is 0 Å². The van der Waals surface area contributed by atoms with Crippen molar-refractivity contribution in [1.82, 2.24) is 5.32 Å².